The molecule has 0 radical (unpaired) electrons. The summed E-state index contributed by atoms with van der Waals surface area (Å²) in [4.78, 5) is 28.2. The Balaban J connectivity index is 1.82. The Morgan fingerprint density at radius 2 is 1.55 bits per heavy atom. The first-order valence-electron chi connectivity index (χ1n) is 10.2. The van der Waals surface area contributed by atoms with Crippen molar-refractivity contribution in [1.82, 2.24) is 0 Å². The molecule has 1 N–H and O–H groups in total. The molecule has 3 aromatic rings. The predicted molar refractivity (Wildman–Crippen MR) is 126 cm³/mol. The Hall–Kier alpha value is -3.37. The number of halogens is 1. The molecule has 2 amide bonds. The summed E-state index contributed by atoms with van der Waals surface area (Å²) in [7, 11) is 0. The molecule has 0 fully saturated rings. The molecular formula is C26H23ClN2O2. The Kier molecular flexibility index (Phi) is 5.66. The van der Waals surface area contributed by atoms with Crippen LogP contribution < -0.4 is 10.2 Å². The minimum Gasteiger partial charge on any atom is -0.350 e. The van der Waals surface area contributed by atoms with E-state index in [2.05, 4.69) is 12.2 Å². The average Bonchev–Trinajstić information content (AvgIpc) is 3.01. The molecule has 4 rings (SSSR count). The monoisotopic (exact) mass is 430 g/mol. The molecule has 4 nitrogen and oxygen atoms in total. The maximum Gasteiger partial charge on any atom is 0.282 e. The first-order valence-corrected chi connectivity index (χ1v) is 10.6. The summed E-state index contributed by atoms with van der Waals surface area (Å²) in [6.07, 6.45) is 0.885. The third-order valence-corrected chi connectivity index (χ3v) is 5.94. The molecule has 31 heavy (non-hydrogen) atoms. The lowest BCUT2D eigenvalue weighted by atomic mass is 10.0. The van der Waals surface area contributed by atoms with Crippen LogP contribution in [-0.2, 0) is 16.0 Å². The number of imide groups is 1. The van der Waals surface area contributed by atoms with Crippen LogP contribution in [0.5, 0.6) is 0 Å². The number of carbonyl (C=O) groups excluding carboxylic acids is 2. The highest BCUT2D eigenvalue weighted by molar-refractivity contribution is 6.46. The number of hydrogen-bond acceptors (Lipinski definition) is 3. The number of anilines is 2. The molecule has 1 heterocycles. The molecule has 1 aliphatic heterocycles. The van der Waals surface area contributed by atoms with Crippen LogP contribution in [0.1, 0.15) is 29.2 Å². The fraction of sp³-hybridized carbons (Fsp3) is 0.154. The van der Waals surface area contributed by atoms with Gasteiger partial charge in [-0.1, -0.05) is 54.9 Å². The quantitative estimate of drug-likeness (QED) is 0.511. The van der Waals surface area contributed by atoms with Crippen molar-refractivity contribution in [3.63, 3.8) is 0 Å². The molecule has 0 spiro atoms. The molecule has 3 aromatic carbocycles. The average molecular weight is 431 g/mol. The second kappa shape index (κ2) is 8.40. The molecule has 0 bridgehead atoms. The van der Waals surface area contributed by atoms with Gasteiger partial charge in [0.25, 0.3) is 11.8 Å². The maximum atomic E-state index is 13.5. The Morgan fingerprint density at radius 1 is 0.871 bits per heavy atom. The van der Waals surface area contributed by atoms with Crippen LogP contribution in [0.15, 0.2) is 72.4 Å². The maximum absolute atomic E-state index is 13.5. The summed E-state index contributed by atoms with van der Waals surface area (Å²) >= 11 is 6.05. The summed E-state index contributed by atoms with van der Waals surface area (Å²) in [5.74, 6) is -0.732. The minimum absolute atomic E-state index is 0.264. The zero-order valence-corrected chi connectivity index (χ0v) is 18.5. The second-order valence-electron chi connectivity index (χ2n) is 7.60. The van der Waals surface area contributed by atoms with E-state index < -0.39 is 0 Å². The van der Waals surface area contributed by atoms with E-state index in [0.29, 0.717) is 21.8 Å². The molecule has 156 valence electrons. The zero-order valence-electron chi connectivity index (χ0n) is 17.7. The highest BCUT2D eigenvalue weighted by atomic mass is 35.5. The Bertz CT molecular complexity index is 1200. The van der Waals surface area contributed by atoms with Crippen molar-refractivity contribution in [2.45, 2.75) is 27.2 Å². The third kappa shape index (κ3) is 3.87. The number of rotatable bonds is 5. The van der Waals surface area contributed by atoms with Gasteiger partial charge in [-0.05, 0) is 72.9 Å². The highest BCUT2D eigenvalue weighted by Crippen LogP contribution is 2.35. The number of carbonyl (C=O) groups is 2. The molecule has 0 saturated carbocycles. The second-order valence-corrected chi connectivity index (χ2v) is 8.03. The normalized spacial score (nSPS) is 13.9. The summed E-state index contributed by atoms with van der Waals surface area (Å²) < 4.78 is 0. The van der Waals surface area contributed by atoms with E-state index in [0.717, 1.165) is 28.8 Å². The van der Waals surface area contributed by atoms with E-state index in [-0.39, 0.29) is 17.5 Å². The van der Waals surface area contributed by atoms with Crippen molar-refractivity contribution in [2.24, 2.45) is 0 Å². The van der Waals surface area contributed by atoms with Crippen molar-refractivity contribution in [3.05, 3.63) is 99.7 Å². The van der Waals surface area contributed by atoms with Crippen LogP contribution in [0.2, 0.25) is 5.02 Å². The first-order chi connectivity index (χ1) is 14.9. The van der Waals surface area contributed by atoms with E-state index in [1.54, 1.807) is 24.3 Å². The first kappa shape index (κ1) is 20.9. The zero-order chi connectivity index (χ0) is 22.1. The van der Waals surface area contributed by atoms with E-state index in [1.165, 1.54) is 4.90 Å². The highest BCUT2D eigenvalue weighted by Gasteiger charge is 2.40. The van der Waals surface area contributed by atoms with Crippen molar-refractivity contribution in [1.29, 1.82) is 0 Å². The van der Waals surface area contributed by atoms with Gasteiger partial charge < -0.3 is 5.32 Å². The van der Waals surface area contributed by atoms with Gasteiger partial charge in [0.15, 0.2) is 0 Å². The lowest BCUT2D eigenvalue weighted by molar-refractivity contribution is -0.120. The van der Waals surface area contributed by atoms with Gasteiger partial charge in [0.2, 0.25) is 0 Å². The molecule has 0 aromatic heterocycles. The molecular weight excluding hydrogens is 408 g/mol. The van der Waals surface area contributed by atoms with E-state index >= 15 is 0 Å². The number of nitrogens with zero attached hydrogens (tertiary/aromatic N) is 1. The van der Waals surface area contributed by atoms with Crippen molar-refractivity contribution < 1.29 is 9.59 Å². The number of nitrogens with one attached hydrogen (secondary N) is 1. The molecule has 0 atom stereocenters. The molecule has 0 saturated heterocycles. The number of benzene rings is 3. The molecule has 0 aliphatic carbocycles. The number of hydrogen-bond donors (Lipinski definition) is 1. The van der Waals surface area contributed by atoms with Gasteiger partial charge in [0, 0.05) is 10.7 Å². The summed E-state index contributed by atoms with van der Waals surface area (Å²) in [5, 5.41) is 3.82. The summed E-state index contributed by atoms with van der Waals surface area (Å²) in [6.45, 7) is 6.06. The van der Waals surface area contributed by atoms with Gasteiger partial charge in [-0.25, -0.2) is 4.90 Å². The van der Waals surface area contributed by atoms with Crippen molar-refractivity contribution >= 4 is 40.4 Å². The minimum atomic E-state index is -0.375. The van der Waals surface area contributed by atoms with Crippen LogP contribution in [0.25, 0.3) is 5.57 Å². The van der Waals surface area contributed by atoms with Gasteiger partial charge in [-0.3, -0.25) is 9.59 Å². The van der Waals surface area contributed by atoms with Gasteiger partial charge in [-0.2, -0.15) is 0 Å². The van der Waals surface area contributed by atoms with Crippen LogP contribution in [0.3, 0.4) is 0 Å². The molecule has 1 aliphatic rings. The van der Waals surface area contributed by atoms with E-state index in [4.69, 9.17) is 11.6 Å². The van der Waals surface area contributed by atoms with Crippen molar-refractivity contribution in [3.8, 4) is 0 Å². The number of aryl methyl sites for hydroxylation is 2. The van der Waals surface area contributed by atoms with E-state index in [9.17, 15) is 9.59 Å². The standard InChI is InChI=1S/C26H23ClN2O2/c1-4-18-8-14-21(15-9-18)29-25(30)23(19-10-12-20(27)13-11-19)24(26(29)31)28-22-7-5-6-16(2)17(22)3/h5-15,28H,4H2,1-3H3. The van der Waals surface area contributed by atoms with Crippen LogP contribution >= 0.6 is 11.6 Å². The smallest absolute Gasteiger partial charge is 0.282 e. The lowest BCUT2D eigenvalue weighted by Gasteiger charge is -2.16. The number of amides is 2. The summed E-state index contributed by atoms with van der Waals surface area (Å²) in [6, 6.07) is 20.3. The Labute approximate surface area is 187 Å². The van der Waals surface area contributed by atoms with Gasteiger partial charge >= 0.3 is 0 Å². The topological polar surface area (TPSA) is 49.4 Å². The van der Waals surface area contributed by atoms with Crippen LogP contribution in [0.4, 0.5) is 11.4 Å². The van der Waals surface area contributed by atoms with Crippen molar-refractivity contribution in [2.75, 3.05) is 10.2 Å². The third-order valence-electron chi connectivity index (χ3n) is 5.68. The fourth-order valence-corrected chi connectivity index (χ4v) is 3.79. The SMILES string of the molecule is CCc1ccc(N2C(=O)C(Nc3cccc(C)c3C)=C(c3ccc(Cl)cc3)C2=O)cc1. The molecule has 5 heteroatoms. The largest absolute Gasteiger partial charge is 0.350 e. The fourth-order valence-electron chi connectivity index (χ4n) is 3.67. The van der Waals surface area contributed by atoms with Crippen LogP contribution in [0, 0.1) is 13.8 Å². The van der Waals surface area contributed by atoms with Gasteiger partial charge in [0.1, 0.15) is 5.70 Å². The summed E-state index contributed by atoms with van der Waals surface area (Å²) in [5.41, 5.74) is 5.86. The lowest BCUT2D eigenvalue weighted by Crippen LogP contribution is -2.32. The predicted octanol–water partition coefficient (Wildman–Crippen LogP) is 5.92. The van der Waals surface area contributed by atoms with Gasteiger partial charge in [0.05, 0.1) is 11.3 Å². The van der Waals surface area contributed by atoms with Crippen LogP contribution in [-0.4, -0.2) is 11.8 Å². The Morgan fingerprint density at radius 3 is 2.19 bits per heavy atom. The van der Waals surface area contributed by atoms with E-state index in [1.807, 2.05) is 56.3 Å². The van der Waals surface area contributed by atoms with Gasteiger partial charge in [-0.15, -0.1) is 0 Å². The molecule has 0 unspecified atom stereocenters.